The molecule has 0 aliphatic carbocycles. The minimum Gasteiger partial charge on any atom is -0.316 e. The maximum Gasteiger partial charge on any atom is 0.262 e. The minimum absolute atomic E-state index is 0.0327. The second kappa shape index (κ2) is 10.5. The average molecular weight is 589 g/mol. The van der Waals surface area contributed by atoms with Crippen molar-refractivity contribution in [3.63, 3.8) is 0 Å². The van der Waals surface area contributed by atoms with Gasteiger partial charge in [-0.25, -0.2) is 0 Å². The molecule has 2 aromatic heterocycles. The Balaban J connectivity index is 1.28. The third kappa shape index (κ3) is 4.17. The molecule has 2 heterocycles. The molecule has 0 radical (unpaired) electrons. The summed E-state index contributed by atoms with van der Waals surface area (Å²) in [6, 6.07) is 56.7. The lowest BCUT2D eigenvalue weighted by Gasteiger charge is -2.13. The first-order valence-electron chi connectivity index (χ1n) is 15.6. The largest absolute Gasteiger partial charge is 0.316 e. The van der Waals surface area contributed by atoms with E-state index in [1.54, 1.807) is 0 Å². The van der Waals surface area contributed by atoms with Gasteiger partial charge in [0.15, 0.2) is 0 Å². The van der Waals surface area contributed by atoms with E-state index in [-0.39, 0.29) is 5.91 Å². The zero-order valence-electron chi connectivity index (χ0n) is 25.0. The van der Waals surface area contributed by atoms with E-state index in [1.807, 2.05) is 53.1 Å². The summed E-state index contributed by atoms with van der Waals surface area (Å²) in [4.78, 5) is 14.5. The van der Waals surface area contributed by atoms with Crippen molar-refractivity contribution in [3.05, 3.63) is 176 Å². The number of hydrogen-bond donors (Lipinski definition) is 0. The predicted octanol–water partition coefficient (Wildman–Crippen LogP) is 10.9. The maximum absolute atomic E-state index is 14.5. The van der Waals surface area contributed by atoms with E-state index in [2.05, 4.69) is 126 Å². The van der Waals surface area contributed by atoms with Gasteiger partial charge in [0.2, 0.25) is 0 Å². The number of aromatic nitrogens is 2. The zero-order valence-corrected chi connectivity index (χ0v) is 25.0. The summed E-state index contributed by atoms with van der Waals surface area (Å²) in [5.74, 6) is -0.0327. The number of carbonyl (C=O) groups excluding carboxylic acids is 1. The van der Waals surface area contributed by atoms with Crippen molar-refractivity contribution in [2.75, 3.05) is 0 Å². The summed E-state index contributed by atoms with van der Waals surface area (Å²) in [5, 5.41) is 5.34. The second-order valence-electron chi connectivity index (χ2n) is 11.8. The summed E-state index contributed by atoms with van der Waals surface area (Å²) >= 11 is 0. The van der Waals surface area contributed by atoms with Crippen molar-refractivity contribution >= 4 is 49.4 Å². The van der Waals surface area contributed by atoms with Crippen LogP contribution >= 0.6 is 0 Å². The van der Waals surface area contributed by atoms with Crippen LogP contribution < -0.4 is 0 Å². The van der Waals surface area contributed by atoms with Gasteiger partial charge in [0.05, 0.1) is 16.6 Å². The van der Waals surface area contributed by atoms with Crippen LogP contribution in [0.25, 0.3) is 71.4 Å². The molecule has 0 N–H and O–H groups in total. The molecule has 0 saturated carbocycles. The molecule has 0 fully saturated rings. The van der Waals surface area contributed by atoms with Crippen molar-refractivity contribution in [1.82, 2.24) is 9.13 Å². The highest BCUT2D eigenvalue weighted by Gasteiger charge is 2.21. The fourth-order valence-corrected chi connectivity index (χ4v) is 6.91. The third-order valence-electron chi connectivity index (χ3n) is 9.11. The molecule has 0 bridgehead atoms. The lowest BCUT2D eigenvalue weighted by Crippen LogP contribution is -2.11. The van der Waals surface area contributed by atoms with Gasteiger partial charge in [0, 0.05) is 33.6 Å². The van der Waals surface area contributed by atoms with Crippen LogP contribution in [-0.2, 0) is 0 Å². The van der Waals surface area contributed by atoms with Crippen LogP contribution in [0.2, 0.25) is 0 Å². The van der Waals surface area contributed by atoms with E-state index in [4.69, 9.17) is 0 Å². The predicted molar refractivity (Wildman–Crippen MR) is 191 cm³/mol. The van der Waals surface area contributed by atoms with Gasteiger partial charge >= 0.3 is 0 Å². The van der Waals surface area contributed by atoms with Crippen molar-refractivity contribution in [2.24, 2.45) is 0 Å². The fraction of sp³-hybridized carbons (Fsp3) is 0. The molecular formula is C43H28N2O. The van der Waals surface area contributed by atoms with Gasteiger partial charge < -0.3 is 4.57 Å². The minimum atomic E-state index is -0.0327. The SMILES string of the molecule is O=C(c1ccc2ccccc2c1)n1c2ccccc2c2ccc3c(ccn3-c3cc(-c4ccccc4)cc(-c4ccccc4)c3)c21. The molecular weight excluding hydrogens is 560 g/mol. The number of fused-ring (bicyclic) bond motifs is 6. The summed E-state index contributed by atoms with van der Waals surface area (Å²) < 4.78 is 4.16. The molecule has 0 aliphatic rings. The van der Waals surface area contributed by atoms with Crippen LogP contribution in [0.15, 0.2) is 170 Å². The Morgan fingerprint density at radius 3 is 1.83 bits per heavy atom. The molecule has 0 amide bonds. The van der Waals surface area contributed by atoms with Crippen LogP contribution in [0.1, 0.15) is 10.4 Å². The Morgan fingerprint density at radius 2 is 1.09 bits per heavy atom. The standard InChI is InChI=1S/C43H28N2O/c46-43(33-20-19-31-15-7-8-16-32(31)25-33)45-41-18-10-9-17-37(41)38-21-22-40-39(42(38)45)23-24-44(40)36-27-34(29-11-3-1-4-12-29)26-35(28-36)30-13-5-2-6-14-30/h1-28H. The van der Waals surface area contributed by atoms with Crippen molar-refractivity contribution in [1.29, 1.82) is 0 Å². The first-order chi connectivity index (χ1) is 22.7. The number of nitrogens with zero attached hydrogens (tertiary/aromatic N) is 2. The summed E-state index contributed by atoms with van der Waals surface area (Å²) in [6.07, 6.45) is 2.13. The van der Waals surface area contributed by atoms with E-state index in [1.165, 1.54) is 11.1 Å². The number of rotatable bonds is 4. The molecule has 3 nitrogen and oxygen atoms in total. The number of carbonyl (C=O) groups is 1. The van der Waals surface area contributed by atoms with Crippen LogP contribution in [0, 0.1) is 0 Å². The topological polar surface area (TPSA) is 26.9 Å². The Morgan fingerprint density at radius 1 is 0.435 bits per heavy atom. The molecule has 46 heavy (non-hydrogen) atoms. The Bertz CT molecular complexity index is 2530. The highest BCUT2D eigenvalue weighted by Crippen LogP contribution is 2.38. The maximum atomic E-state index is 14.5. The van der Waals surface area contributed by atoms with E-state index in [0.717, 1.165) is 60.3 Å². The molecule has 0 spiro atoms. The van der Waals surface area contributed by atoms with Gasteiger partial charge in [-0.15, -0.1) is 0 Å². The average Bonchev–Trinajstić information content (AvgIpc) is 3.71. The van der Waals surface area contributed by atoms with E-state index >= 15 is 0 Å². The van der Waals surface area contributed by atoms with Crippen molar-refractivity contribution < 1.29 is 4.79 Å². The summed E-state index contributed by atoms with van der Waals surface area (Å²) in [5.41, 5.74) is 9.27. The van der Waals surface area contributed by atoms with Gasteiger partial charge in [-0.2, -0.15) is 0 Å². The Labute approximate surface area is 266 Å². The first-order valence-corrected chi connectivity index (χ1v) is 15.6. The smallest absolute Gasteiger partial charge is 0.262 e. The first kappa shape index (κ1) is 26.2. The molecule has 3 heteroatoms. The highest BCUT2D eigenvalue weighted by molar-refractivity contribution is 6.23. The van der Waals surface area contributed by atoms with Crippen LogP contribution in [0.4, 0.5) is 0 Å². The molecule has 9 rings (SSSR count). The van der Waals surface area contributed by atoms with Gasteiger partial charge in [0.1, 0.15) is 0 Å². The van der Waals surface area contributed by atoms with Crippen molar-refractivity contribution in [3.8, 4) is 27.9 Å². The van der Waals surface area contributed by atoms with E-state index < -0.39 is 0 Å². The summed E-state index contributed by atoms with van der Waals surface area (Å²) in [7, 11) is 0. The molecule has 0 saturated heterocycles. The normalized spacial score (nSPS) is 11.6. The molecule has 0 aliphatic heterocycles. The van der Waals surface area contributed by atoms with Gasteiger partial charge in [-0.3, -0.25) is 9.36 Å². The highest BCUT2D eigenvalue weighted by atomic mass is 16.2. The quantitative estimate of drug-likeness (QED) is 0.201. The van der Waals surface area contributed by atoms with Crippen LogP contribution in [0.5, 0.6) is 0 Å². The number of para-hydroxylation sites is 1. The van der Waals surface area contributed by atoms with Crippen molar-refractivity contribution in [2.45, 2.75) is 0 Å². The molecule has 216 valence electrons. The Hall–Kier alpha value is -6.19. The number of benzene rings is 7. The molecule has 0 atom stereocenters. The molecule has 0 unspecified atom stereocenters. The molecule has 9 aromatic rings. The van der Waals surface area contributed by atoms with Gasteiger partial charge in [0.25, 0.3) is 5.91 Å². The van der Waals surface area contributed by atoms with Crippen LogP contribution in [-0.4, -0.2) is 15.0 Å². The molecule has 7 aromatic carbocycles. The second-order valence-corrected chi connectivity index (χ2v) is 11.8. The van der Waals surface area contributed by atoms with Crippen LogP contribution in [0.3, 0.4) is 0 Å². The van der Waals surface area contributed by atoms with E-state index in [9.17, 15) is 4.79 Å². The lowest BCUT2D eigenvalue weighted by atomic mass is 9.98. The fourth-order valence-electron chi connectivity index (χ4n) is 6.91. The zero-order chi connectivity index (χ0) is 30.6. The Kier molecular flexibility index (Phi) is 5.97. The van der Waals surface area contributed by atoms with Gasteiger partial charge in [-0.05, 0) is 81.6 Å². The number of hydrogen-bond acceptors (Lipinski definition) is 1. The lowest BCUT2D eigenvalue weighted by molar-refractivity contribution is 0.0970. The third-order valence-corrected chi connectivity index (χ3v) is 9.11. The monoisotopic (exact) mass is 588 g/mol. The summed E-state index contributed by atoms with van der Waals surface area (Å²) in [6.45, 7) is 0. The van der Waals surface area contributed by atoms with Gasteiger partial charge in [-0.1, -0.05) is 115 Å². The van der Waals surface area contributed by atoms with E-state index in [0.29, 0.717) is 5.56 Å².